The van der Waals surface area contributed by atoms with Gasteiger partial charge in [-0.3, -0.25) is 14.1 Å². The molecule has 0 aromatic heterocycles. The Morgan fingerprint density at radius 1 is 0.667 bits per heavy atom. The molecule has 0 radical (unpaired) electrons. The van der Waals surface area contributed by atoms with Crippen molar-refractivity contribution in [3.05, 3.63) is 0 Å². The first-order valence-electron chi connectivity index (χ1n) is 0. The van der Waals surface area contributed by atoms with Crippen molar-refractivity contribution < 1.29 is 31.2 Å². The third-order valence-electron chi connectivity index (χ3n) is 0. The summed E-state index contributed by atoms with van der Waals surface area (Å²) in [6.07, 6.45) is 0. The molecule has 0 rings (SSSR count). The molecule has 0 heterocycles. The van der Waals surface area contributed by atoms with Gasteiger partial charge in [0.05, 0.1) is 8.41 Å². The summed E-state index contributed by atoms with van der Waals surface area (Å²) >= 11 is 0. The first-order valence-corrected chi connectivity index (χ1v) is 0. The fourth-order valence-electron chi connectivity index (χ4n) is 0. The fourth-order valence-corrected chi connectivity index (χ4v) is 0. The molecule has 0 N–H and O–H groups in total. The van der Waals surface area contributed by atoms with Crippen LogP contribution in [0.25, 0.3) is 0 Å². The zero-order valence-corrected chi connectivity index (χ0v) is 3.91. The molecule has 0 aromatic carbocycles. The molecular weight excluding hydrogens is 159 g/mol. The van der Waals surface area contributed by atoms with Crippen LogP contribution in [0.15, 0.2) is 0 Å². The van der Waals surface area contributed by atoms with Crippen LogP contribution in [0, 0.1) is 0 Å². The second-order valence-corrected chi connectivity index (χ2v) is 0. The van der Waals surface area contributed by atoms with E-state index < -0.39 is 0 Å². The Hall–Kier alpha value is 0.664. The van der Waals surface area contributed by atoms with Gasteiger partial charge < -0.3 is 0 Å². The van der Waals surface area contributed by atoms with Crippen molar-refractivity contribution in [2.24, 2.45) is 0 Å². The topological polar surface area (TPSA) is 0 Å². The molecular formula is H7BClF3Fe. The second-order valence-electron chi connectivity index (χ2n) is 0. The summed E-state index contributed by atoms with van der Waals surface area (Å²) in [5, 5.41) is 0. The molecule has 0 aliphatic heterocycles. The third kappa shape index (κ3) is 142. The number of hydrogen-bond acceptors (Lipinski definition) is 0. The minimum absolute atomic E-state index is 0. The van der Waals surface area contributed by atoms with Crippen LogP contribution in [0.2, 0.25) is 0 Å². The summed E-state index contributed by atoms with van der Waals surface area (Å²) in [7, 11) is 0. The van der Waals surface area contributed by atoms with Gasteiger partial charge in [0.15, 0.2) is 0 Å². The molecule has 0 atom stereocenters. The summed E-state index contributed by atoms with van der Waals surface area (Å²) in [4.78, 5) is 0. The smallest absolute Gasteiger partial charge is 0.0814 e. The molecule has 0 aliphatic carbocycles. The zero-order valence-electron chi connectivity index (χ0n) is 1.99. The summed E-state index contributed by atoms with van der Waals surface area (Å²) in [5.74, 6) is 0. The molecule has 0 nitrogen and oxygen atoms in total. The van der Waals surface area contributed by atoms with Crippen LogP contribution in [0.3, 0.4) is 0 Å². The maximum absolute atomic E-state index is 0. The molecule has 0 aromatic rings. The van der Waals surface area contributed by atoms with E-state index in [1.54, 1.807) is 0 Å². The second kappa shape index (κ2) is 279. The van der Waals surface area contributed by atoms with Gasteiger partial charge in [-0.1, -0.05) is 0 Å². The van der Waals surface area contributed by atoms with Crippen molar-refractivity contribution in [3.8, 4) is 0 Å². The van der Waals surface area contributed by atoms with E-state index in [9.17, 15) is 0 Å². The molecule has 0 spiro atoms. The molecule has 0 saturated carbocycles. The monoisotopic (exact) mass is 166 g/mol. The van der Waals surface area contributed by atoms with Gasteiger partial charge in [-0.2, -0.15) is 0 Å². The summed E-state index contributed by atoms with van der Waals surface area (Å²) in [6, 6.07) is 0. The quantitative estimate of drug-likeness (QED) is 0.433. The molecule has 0 aliphatic rings. The summed E-state index contributed by atoms with van der Waals surface area (Å²) in [5.41, 5.74) is 0. The molecule has 0 fully saturated rings. The molecule has 6 heteroatoms. The van der Waals surface area contributed by atoms with Crippen molar-refractivity contribution in [1.82, 2.24) is 0 Å². The largest absolute Gasteiger partial charge is 0.269 e. The van der Waals surface area contributed by atoms with Gasteiger partial charge in [0.25, 0.3) is 0 Å². The van der Waals surface area contributed by atoms with E-state index in [4.69, 9.17) is 0 Å². The van der Waals surface area contributed by atoms with E-state index in [2.05, 4.69) is 0 Å². The normalized spacial score (nSPS) is 0. The third-order valence-corrected chi connectivity index (χ3v) is 0. The van der Waals surface area contributed by atoms with Gasteiger partial charge in [-0.05, 0) is 0 Å². The molecule has 0 bridgehead atoms. The summed E-state index contributed by atoms with van der Waals surface area (Å²) < 4.78 is 0. The Morgan fingerprint density at radius 2 is 0.667 bits per heavy atom. The van der Waals surface area contributed by atoms with E-state index in [0.29, 0.717) is 0 Å². The Balaban J connectivity index is 0. The predicted molar refractivity (Wildman–Crippen MR) is 24.7 cm³/mol. The Labute approximate surface area is 52.6 Å². The Kier molecular flexibility index (Phi) is 22500. The first-order chi connectivity index (χ1) is 0. The number of halogens is 4. The maximum Gasteiger partial charge on any atom is 0.0814 e. The average molecular weight is 166 g/mol. The van der Waals surface area contributed by atoms with Crippen LogP contribution < -0.4 is 0 Å². The van der Waals surface area contributed by atoms with Crippen LogP contribution >= 0.6 is 12.4 Å². The Morgan fingerprint density at radius 3 is 0.667 bits per heavy atom. The van der Waals surface area contributed by atoms with E-state index in [-0.39, 0.29) is 52.0 Å². The molecule has 6 heavy (non-hydrogen) atoms. The van der Waals surface area contributed by atoms with Gasteiger partial charge in [0, 0.05) is 17.1 Å². The van der Waals surface area contributed by atoms with Crippen LogP contribution in [0.5, 0.6) is 0 Å². The minimum atomic E-state index is 0. The van der Waals surface area contributed by atoms with Crippen molar-refractivity contribution in [1.29, 1.82) is 0 Å². The molecule has 0 unspecified atom stereocenters. The molecule has 0 amide bonds. The minimum Gasteiger partial charge on any atom is -0.269 e. The van der Waals surface area contributed by atoms with Crippen molar-refractivity contribution in [3.63, 3.8) is 0 Å². The van der Waals surface area contributed by atoms with Gasteiger partial charge in [-0.25, -0.2) is 0 Å². The maximum atomic E-state index is 0. The fraction of sp³-hybridized carbons (Fsp3) is 0. The first kappa shape index (κ1) is 484. The summed E-state index contributed by atoms with van der Waals surface area (Å²) in [6.45, 7) is 0. The van der Waals surface area contributed by atoms with Gasteiger partial charge in [-0.15, -0.1) is 12.4 Å². The van der Waals surface area contributed by atoms with Crippen LogP contribution in [-0.2, 0) is 17.1 Å². The van der Waals surface area contributed by atoms with Gasteiger partial charge >= 0.3 is 0 Å². The van der Waals surface area contributed by atoms with E-state index in [1.807, 2.05) is 0 Å². The molecule has 0 saturated heterocycles. The SMILES string of the molecule is B.Cl.F.F.F.[Fe]. The van der Waals surface area contributed by atoms with Gasteiger partial charge in [0.2, 0.25) is 0 Å². The Bertz CT molecular complexity index is 10.8. The van der Waals surface area contributed by atoms with Crippen molar-refractivity contribution >= 4 is 20.8 Å². The number of hydrogen-bond donors (Lipinski definition) is 0. The number of rotatable bonds is 0. The standard InChI is InChI=1S/BH3.ClH.3FH.Fe/h1H3;4*1H;. The van der Waals surface area contributed by atoms with E-state index in [0.717, 1.165) is 0 Å². The predicted octanol–water partition coefficient (Wildman–Crippen LogP) is -0.307. The van der Waals surface area contributed by atoms with Crippen LogP contribution in [0.1, 0.15) is 0 Å². The van der Waals surface area contributed by atoms with E-state index in [1.165, 1.54) is 0 Å². The zero-order chi connectivity index (χ0) is 0. The van der Waals surface area contributed by atoms with E-state index >= 15 is 0 Å². The van der Waals surface area contributed by atoms with Crippen LogP contribution in [0.4, 0.5) is 14.1 Å². The van der Waals surface area contributed by atoms with Crippen molar-refractivity contribution in [2.45, 2.75) is 0 Å². The van der Waals surface area contributed by atoms with Crippen LogP contribution in [-0.4, -0.2) is 8.41 Å². The van der Waals surface area contributed by atoms with Crippen molar-refractivity contribution in [2.75, 3.05) is 0 Å². The molecule has 46 valence electrons. The van der Waals surface area contributed by atoms with Gasteiger partial charge in [0.1, 0.15) is 0 Å². The average Bonchev–Trinajstić information content (AvgIpc) is 0.